The van der Waals surface area contributed by atoms with Gasteiger partial charge in [-0.3, -0.25) is 0 Å². The maximum atomic E-state index is 11.8. The van der Waals surface area contributed by atoms with Crippen LogP contribution in [0.1, 0.15) is 48.5 Å². The Morgan fingerprint density at radius 1 is 1.24 bits per heavy atom. The average molecular weight is 420 g/mol. The maximum Gasteiger partial charge on any atom is 0.494 e. The molecule has 2 saturated heterocycles. The van der Waals surface area contributed by atoms with Crippen LogP contribution in [0.4, 0.5) is 4.79 Å². The molecule has 1 N–H and O–H groups in total. The van der Waals surface area contributed by atoms with Gasteiger partial charge in [0, 0.05) is 30.4 Å². The van der Waals surface area contributed by atoms with E-state index in [0.29, 0.717) is 12.5 Å². The Morgan fingerprint density at radius 2 is 1.86 bits per heavy atom. The molecule has 29 heavy (non-hydrogen) atoms. The predicted molar refractivity (Wildman–Crippen MR) is 117 cm³/mol. The van der Waals surface area contributed by atoms with E-state index in [0.717, 1.165) is 23.4 Å². The lowest BCUT2D eigenvalue weighted by Crippen LogP contribution is -2.48. The standard InChI is InChI=1S/C21H33BN2O4S/c1-19(2,3)26-18(25)23-12-15-13-24(14-15)29-17-10-8-9-16(11-17)22-27-20(4,5)21(6,7)28-22/h8-11,15H,12-14H2,1-7H3,(H,23,25). The van der Waals surface area contributed by atoms with Crippen molar-refractivity contribution in [3.05, 3.63) is 24.3 Å². The van der Waals surface area contributed by atoms with Gasteiger partial charge in [-0.05, 0) is 78.0 Å². The van der Waals surface area contributed by atoms with Gasteiger partial charge >= 0.3 is 13.2 Å². The highest BCUT2D eigenvalue weighted by Crippen LogP contribution is 2.37. The summed E-state index contributed by atoms with van der Waals surface area (Å²) in [5.74, 6) is 0.446. The average Bonchev–Trinajstić information content (AvgIpc) is 2.76. The van der Waals surface area contributed by atoms with E-state index >= 15 is 0 Å². The quantitative estimate of drug-likeness (QED) is 0.582. The molecule has 1 amide bonds. The molecule has 6 nitrogen and oxygen atoms in total. The van der Waals surface area contributed by atoms with Gasteiger partial charge in [0.2, 0.25) is 0 Å². The molecule has 2 aliphatic rings. The molecule has 0 spiro atoms. The Bertz CT molecular complexity index is 728. The normalized spacial score (nSPS) is 21.7. The van der Waals surface area contributed by atoms with Crippen molar-refractivity contribution in [3.63, 3.8) is 0 Å². The van der Waals surface area contributed by atoms with Crippen LogP contribution in [0.2, 0.25) is 0 Å². The summed E-state index contributed by atoms with van der Waals surface area (Å²) in [4.78, 5) is 12.9. The molecular formula is C21H33BN2O4S. The second-order valence-corrected chi connectivity index (χ2v) is 11.0. The van der Waals surface area contributed by atoms with Crippen LogP contribution in [0.15, 0.2) is 29.2 Å². The summed E-state index contributed by atoms with van der Waals surface area (Å²) in [5.41, 5.74) is -0.107. The van der Waals surface area contributed by atoms with Crippen molar-refractivity contribution in [1.82, 2.24) is 9.62 Å². The van der Waals surface area contributed by atoms with E-state index in [2.05, 4.69) is 55.5 Å². The Balaban J connectivity index is 1.46. The highest BCUT2D eigenvalue weighted by molar-refractivity contribution is 7.97. The first kappa shape index (κ1) is 22.5. The van der Waals surface area contributed by atoms with E-state index in [9.17, 15) is 4.79 Å². The van der Waals surface area contributed by atoms with Crippen LogP contribution < -0.4 is 10.8 Å². The number of hydrogen-bond acceptors (Lipinski definition) is 6. The van der Waals surface area contributed by atoms with Gasteiger partial charge in [-0.2, -0.15) is 0 Å². The molecule has 2 aliphatic heterocycles. The van der Waals surface area contributed by atoms with Crippen molar-refractivity contribution in [2.45, 2.75) is 70.2 Å². The summed E-state index contributed by atoms with van der Waals surface area (Å²) in [6.07, 6.45) is -0.348. The Hall–Kier alpha value is -1.22. The van der Waals surface area contributed by atoms with E-state index in [1.165, 1.54) is 0 Å². The van der Waals surface area contributed by atoms with E-state index in [1.807, 2.05) is 26.8 Å². The maximum absolute atomic E-state index is 11.8. The first-order chi connectivity index (χ1) is 13.3. The van der Waals surface area contributed by atoms with E-state index < -0.39 is 5.60 Å². The summed E-state index contributed by atoms with van der Waals surface area (Å²) in [6, 6.07) is 8.34. The molecular weight excluding hydrogens is 387 g/mol. The summed E-state index contributed by atoms with van der Waals surface area (Å²) < 4.78 is 19.9. The van der Waals surface area contributed by atoms with Crippen molar-refractivity contribution < 1.29 is 18.8 Å². The third kappa shape index (κ3) is 5.69. The van der Waals surface area contributed by atoms with Gasteiger partial charge in [-0.25, -0.2) is 9.10 Å². The number of nitrogens with zero attached hydrogens (tertiary/aromatic N) is 1. The molecule has 3 rings (SSSR count). The van der Waals surface area contributed by atoms with Crippen molar-refractivity contribution in [1.29, 1.82) is 0 Å². The van der Waals surface area contributed by atoms with Gasteiger partial charge in [-0.1, -0.05) is 12.1 Å². The molecule has 0 radical (unpaired) electrons. The molecule has 8 heteroatoms. The topological polar surface area (TPSA) is 60.0 Å². The third-order valence-corrected chi connectivity index (χ3v) is 6.50. The molecule has 160 valence electrons. The predicted octanol–water partition coefficient (Wildman–Crippen LogP) is 3.45. The molecule has 0 atom stereocenters. The van der Waals surface area contributed by atoms with Gasteiger partial charge in [-0.15, -0.1) is 0 Å². The summed E-state index contributed by atoms with van der Waals surface area (Å²) >= 11 is 1.73. The second-order valence-electron chi connectivity index (χ2n) is 9.85. The van der Waals surface area contributed by atoms with Crippen LogP contribution in [0.25, 0.3) is 0 Å². The minimum absolute atomic E-state index is 0.341. The van der Waals surface area contributed by atoms with Gasteiger partial charge in [0.05, 0.1) is 11.2 Å². The molecule has 2 fully saturated rings. The molecule has 0 aliphatic carbocycles. The number of rotatable bonds is 5. The number of ether oxygens (including phenoxy) is 1. The summed E-state index contributed by atoms with van der Waals surface area (Å²) in [5, 5.41) is 2.86. The lowest BCUT2D eigenvalue weighted by atomic mass is 9.79. The van der Waals surface area contributed by atoms with Crippen LogP contribution in [0.3, 0.4) is 0 Å². The number of carbonyl (C=O) groups is 1. The zero-order chi connectivity index (χ0) is 21.4. The number of alkyl carbamates (subject to hydrolysis) is 1. The summed E-state index contributed by atoms with van der Waals surface area (Å²) in [6.45, 7) is 16.4. The molecule has 1 aromatic carbocycles. The number of nitrogens with one attached hydrogen (secondary N) is 1. The van der Waals surface area contributed by atoms with Crippen LogP contribution in [0.5, 0.6) is 0 Å². The van der Waals surface area contributed by atoms with Gasteiger partial charge < -0.3 is 19.4 Å². The Morgan fingerprint density at radius 3 is 2.45 bits per heavy atom. The van der Waals surface area contributed by atoms with Crippen LogP contribution in [-0.2, 0) is 14.0 Å². The van der Waals surface area contributed by atoms with E-state index in [1.54, 1.807) is 11.9 Å². The van der Waals surface area contributed by atoms with Crippen LogP contribution in [0, 0.1) is 5.92 Å². The highest BCUT2D eigenvalue weighted by atomic mass is 32.2. The Kier molecular flexibility index (Phi) is 6.30. The highest BCUT2D eigenvalue weighted by Gasteiger charge is 2.51. The fraction of sp³-hybridized carbons (Fsp3) is 0.667. The fourth-order valence-corrected chi connectivity index (χ4v) is 4.31. The zero-order valence-corrected chi connectivity index (χ0v) is 19.4. The van der Waals surface area contributed by atoms with Crippen molar-refractivity contribution in [3.8, 4) is 0 Å². The zero-order valence-electron chi connectivity index (χ0n) is 18.6. The van der Waals surface area contributed by atoms with Crippen LogP contribution in [-0.4, -0.2) is 54.0 Å². The van der Waals surface area contributed by atoms with Gasteiger partial charge in [0.1, 0.15) is 5.60 Å². The van der Waals surface area contributed by atoms with Gasteiger partial charge in [0.15, 0.2) is 0 Å². The molecule has 0 saturated carbocycles. The minimum Gasteiger partial charge on any atom is -0.444 e. The smallest absolute Gasteiger partial charge is 0.444 e. The summed E-state index contributed by atoms with van der Waals surface area (Å²) in [7, 11) is -0.345. The SMILES string of the molecule is CC(C)(C)OC(=O)NCC1CN(Sc2cccc(B3OC(C)(C)C(C)(C)O3)c2)C1. The van der Waals surface area contributed by atoms with E-state index in [-0.39, 0.29) is 24.4 Å². The molecule has 1 aromatic rings. The monoisotopic (exact) mass is 420 g/mol. The van der Waals surface area contributed by atoms with E-state index in [4.69, 9.17) is 14.0 Å². The molecule has 2 heterocycles. The number of benzene rings is 1. The second kappa shape index (κ2) is 8.14. The minimum atomic E-state index is -0.465. The lowest BCUT2D eigenvalue weighted by molar-refractivity contribution is 0.00578. The van der Waals surface area contributed by atoms with Crippen LogP contribution >= 0.6 is 11.9 Å². The Labute approximate surface area is 179 Å². The molecule has 0 unspecified atom stereocenters. The largest absolute Gasteiger partial charge is 0.494 e. The number of hydrogen-bond donors (Lipinski definition) is 1. The van der Waals surface area contributed by atoms with Crippen molar-refractivity contribution in [2.75, 3.05) is 19.6 Å². The fourth-order valence-electron chi connectivity index (χ4n) is 3.11. The third-order valence-electron chi connectivity index (χ3n) is 5.48. The molecule has 0 bridgehead atoms. The first-order valence-electron chi connectivity index (χ1n) is 10.2. The number of carbonyl (C=O) groups excluding carboxylic acids is 1. The lowest BCUT2D eigenvalue weighted by Gasteiger charge is -2.38. The first-order valence-corrected chi connectivity index (χ1v) is 11.0. The van der Waals surface area contributed by atoms with Gasteiger partial charge in [0.25, 0.3) is 0 Å². The van der Waals surface area contributed by atoms with Crippen molar-refractivity contribution >= 4 is 30.6 Å². The van der Waals surface area contributed by atoms with Crippen molar-refractivity contribution in [2.24, 2.45) is 5.92 Å². The molecule has 0 aromatic heterocycles. The number of amides is 1.